The molecule has 1 aromatic carbocycles. The first-order valence-corrected chi connectivity index (χ1v) is 5.67. The first-order valence-electron chi connectivity index (χ1n) is 5.67. The Morgan fingerprint density at radius 3 is 2.56 bits per heavy atom. The van der Waals surface area contributed by atoms with Gasteiger partial charge in [-0.3, -0.25) is 9.59 Å². The molecule has 0 saturated carbocycles. The number of allylic oxidation sites excluding steroid dienone is 1. The number of ether oxygens (including phenoxy) is 1. The number of carbonyl (C=O) groups excluding carboxylic acids is 2. The van der Waals surface area contributed by atoms with E-state index in [9.17, 15) is 14.7 Å². The maximum atomic E-state index is 12.1. The molecule has 1 aromatic rings. The van der Waals surface area contributed by atoms with Crippen LogP contribution in [0.2, 0.25) is 0 Å². The monoisotopic (exact) mass is 246 g/mol. The standard InChI is InChI=1S/C14H14O4/c1-8-13(16)10(7-11(15)14(8)17)9-5-3-4-6-12(9)18-2/h3-8,14,17H,1-2H3/t8-,14-/m1/s1. The van der Waals surface area contributed by atoms with Crippen molar-refractivity contribution in [2.75, 3.05) is 7.11 Å². The molecule has 0 amide bonds. The van der Waals surface area contributed by atoms with Crippen molar-refractivity contribution in [2.24, 2.45) is 5.92 Å². The molecule has 1 aliphatic carbocycles. The molecule has 0 fully saturated rings. The number of para-hydroxylation sites is 1. The van der Waals surface area contributed by atoms with E-state index in [1.165, 1.54) is 13.2 Å². The van der Waals surface area contributed by atoms with E-state index in [0.717, 1.165) is 0 Å². The van der Waals surface area contributed by atoms with Crippen LogP contribution in [0, 0.1) is 5.92 Å². The predicted octanol–water partition coefficient (Wildman–Crippen LogP) is 1.23. The molecule has 0 radical (unpaired) electrons. The van der Waals surface area contributed by atoms with Crippen LogP contribution in [0.4, 0.5) is 0 Å². The predicted molar refractivity (Wildman–Crippen MR) is 66.2 cm³/mol. The molecule has 18 heavy (non-hydrogen) atoms. The van der Waals surface area contributed by atoms with Gasteiger partial charge in [0.05, 0.1) is 13.0 Å². The Hall–Kier alpha value is -1.94. The Labute approximate surface area is 105 Å². The third-order valence-corrected chi connectivity index (χ3v) is 3.13. The highest BCUT2D eigenvalue weighted by Gasteiger charge is 2.35. The fourth-order valence-corrected chi connectivity index (χ4v) is 2.01. The Balaban J connectivity index is 2.53. The molecule has 0 heterocycles. The van der Waals surface area contributed by atoms with Crippen LogP contribution in [0.1, 0.15) is 12.5 Å². The first kappa shape index (κ1) is 12.5. The molecular formula is C14H14O4. The number of hydrogen-bond donors (Lipinski definition) is 1. The summed E-state index contributed by atoms with van der Waals surface area (Å²) in [4.78, 5) is 23.7. The van der Waals surface area contributed by atoms with Gasteiger partial charge in [0.2, 0.25) is 0 Å². The summed E-state index contributed by atoms with van der Waals surface area (Å²) in [6, 6.07) is 7.01. The van der Waals surface area contributed by atoms with Gasteiger partial charge in [-0.05, 0) is 12.1 Å². The van der Waals surface area contributed by atoms with Gasteiger partial charge in [-0.1, -0.05) is 25.1 Å². The second-order valence-corrected chi connectivity index (χ2v) is 4.26. The van der Waals surface area contributed by atoms with Crippen molar-refractivity contribution in [1.29, 1.82) is 0 Å². The summed E-state index contributed by atoms with van der Waals surface area (Å²) in [7, 11) is 1.51. The van der Waals surface area contributed by atoms with E-state index >= 15 is 0 Å². The summed E-state index contributed by atoms with van der Waals surface area (Å²) in [5.41, 5.74) is 0.882. The van der Waals surface area contributed by atoms with Gasteiger partial charge in [-0.15, -0.1) is 0 Å². The van der Waals surface area contributed by atoms with E-state index in [1.54, 1.807) is 31.2 Å². The number of rotatable bonds is 2. The fraction of sp³-hybridized carbons (Fsp3) is 0.286. The van der Waals surface area contributed by atoms with E-state index in [2.05, 4.69) is 0 Å². The number of aliphatic hydroxyl groups excluding tert-OH is 1. The van der Waals surface area contributed by atoms with E-state index in [0.29, 0.717) is 16.9 Å². The minimum atomic E-state index is -1.24. The zero-order valence-corrected chi connectivity index (χ0v) is 10.2. The van der Waals surface area contributed by atoms with E-state index in [1.807, 2.05) is 0 Å². The van der Waals surface area contributed by atoms with E-state index < -0.39 is 17.8 Å². The highest BCUT2D eigenvalue weighted by molar-refractivity contribution is 6.30. The lowest BCUT2D eigenvalue weighted by atomic mass is 9.82. The normalized spacial score (nSPS) is 23.8. The topological polar surface area (TPSA) is 63.6 Å². The second kappa shape index (κ2) is 4.74. The molecule has 0 unspecified atom stereocenters. The lowest BCUT2D eigenvalue weighted by Gasteiger charge is -2.23. The molecule has 4 heteroatoms. The van der Waals surface area contributed by atoms with Crippen LogP contribution in [-0.2, 0) is 9.59 Å². The lowest BCUT2D eigenvalue weighted by molar-refractivity contribution is -0.132. The molecule has 2 atom stereocenters. The van der Waals surface area contributed by atoms with Gasteiger partial charge in [0.1, 0.15) is 11.9 Å². The molecule has 2 rings (SSSR count). The number of hydrogen-bond acceptors (Lipinski definition) is 4. The van der Waals surface area contributed by atoms with Crippen LogP contribution in [0.3, 0.4) is 0 Å². The Kier molecular flexibility index (Phi) is 3.30. The highest BCUT2D eigenvalue weighted by atomic mass is 16.5. The number of methoxy groups -OCH3 is 1. The molecule has 0 bridgehead atoms. The summed E-state index contributed by atoms with van der Waals surface area (Å²) in [6.07, 6.45) is -0.0406. The van der Waals surface area contributed by atoms with Crippen molar-refractivity contribution in [2.45, 2.75) is 13.0 Å². The summed E-state index contributed by atoms with van der Waals surface area (Å²) in [6.45, 7) is 1.55. The van der Waals surface area contributed by atoms with Crippen molar-refractivity contribution in [3.63, 3.8) is 0 Å². The number of ketones is 2. The second-order valence-electron chi connectivity index (χ2n) is 4.26. The average molecular weight is 246 g/mol. The van der Waals surface area contributed by atoms with Crippen molar-refractivity contribution in [3.05, 3.63) is 35.9 Å². The molecule has 1 N–H and O–H groups in total. The minimum Gasteiger partial charge on any atom is -0.496 e. The first-order chi connectivity index (χ1) is 8.56. The summed E-state index contributed by atoms with van der Waals surface area (Å²) >= 11 is 0. The van der Waals surface area contributed by atoms with Crippen LogP contribution in [0.15, 0.2) is 30.3 Å². The van der Waals surface area contributed by atoms with Crippen LogP contribution < -0.4 is 4.74 Å². The van der Waals surface area contributed by atoms with Gasteiger partial charge in [0.15, 0.2) is 11.6 Å². The Bertz CT molecular complexity index is 530. The number of carbonyl (C=O) groups is 2. The highest BCUT2D eigenvalue weighted by Crippen LogP contribution is 2.31. The van der Waals surface area contributed by atoms with Crippen molar-refractivity contribution >= 4 is 17.1 Å². The number of benzene rings is 1. The van der Waals surface area contributed by atoms with E-state index in [-0.39, 0.29) is 5.78 Å². The van der Waals surface area contributed by atoms with Crippen molar-refractivity contribution < 1.29 is 19.4 Å². The van der Waals surface area contributed by atoms with Gasteiger partial charge in [-0.2, -0.15) is 0 Å². The maximum Gasteiger partial charge on any atom is 0.185 e. The summed E-state index contributed by atoms with van der Waals surface area (Å²) in [5.74, 6) is -0.870. The number of aliphatic hydroxyl groups is 1. The zero-order chi connectivity index (χ0) is 13.3. The van der Waals surface area contributed by atoms with Crippen LogP contribution in [0.25, 0.3) is 5.57 Å². The van der Waals surface area contributed by atoms with Gasteiger partial charge in [0, 0.05) is 11.1 Å². The van der Waals surface area contributed by atoms with E-state index in [4.69, 9.17) is 4.74 Å². The van der Waals surface area contributed by atoms with Gasteiger partial charge < -0.3 is 9.84 Å². The molecular weight excluding hydrogens is 232 g/mol. The quantitative estimate of drug-likeness (QED) is 0.852. The third kappa shape index (κ3) is 1.95. The third-order valence-electron chi connectivity index (χ3n) is 3.13. The Morgan fingerprint density at radius 2 is 1.89 bits per heavy atom. The molecule has 94 valence electrons. The van der Waals surface area contributed by atoms with Gasteiger partial charge >= 0.3 is 0 Å². The summed E-state index contributed by atoms with van der Waals surface area (Å²) in [5, 5.41) is 9.56. The molecule has 0 saturated heterocycles. The molecule has 1 aliphatic rings. The zero-order valence-electron chi connectivity index (χ0n) is 10.2. The van der Waals surface area contributed by atoms with Gasteiger partial charge in [0.25, 0.3) is 0 Å². The SMILES string of the molecule is COc1ccccc1C1=CC(=O)[C@H](O)[C@H](C)C1=O. The number of Topliss-reactive ketones (excluding diaryl/α,β-unsaturated/α-hetero) is 1. The van der Waals surface area contributed by atoms with Gasteiger partial charge in [-0.25, -0.2) is 0 Å². The largest absolute Gasteiger partial charge is 0.496 e. The van der Waals surface area contributed by atoms with Crippen molar-refractivity contribution in [3.8, 4) is 5.75 Å². The van der Waals surface area contributed by atoms with Crippen LogP contribution >= 0.6 is 0 Å². The smallest absolute Gasteiger partial charge is 0.185 e. The average Bonchev–Trinajstić information content (AvgIpc) is 2.40. The molecule has 0 aromatic heterocycles. The minimum absolute atomic E-state index is 0.244. The lowest BCUT2D eigenvalue weighted by Crippen LogP contribution is -2.36. The van der Waals surface area contributed by atoms with Crippen molar-refractivity contribution in [1.82, 2.24) is 0 Å². The maximum absolute atomic E-state index is 12.1. The summed E-state index contributed by atoms with van der Waals surface area (Å²) < 4.78 is 5.18. The molecule has 4 nitrogen and oxygen atoms in total. The Morgan fingerprint density at radius 1 is 1.22 bits per heavy atom. The molecule has 0 spiro atoms. The molecule has 0 aliphatic heterocycles. The fourth-order valence-electron chi connectivity index (χ4n) is 2.01. The van der Waals surface area contributed by atoms with Crippen LogP contribution in [0.5, 0.6) is 5.75 Å². The van der Waals surface area contributed by atoms with Crippen LogP contribution in [-0.4, -0.2) is 29.9 Å².